The molecule has 4 rings (SSSR count). The third-order valence-corrected chi connectivity index (χ3v) is 9.16. The molecule has 0 bridgehead atoms. The van der Waals surface area contributed by atoms with Crippen LogP contribution in [-0.4, -0.2) is 61.7 Å². The number of likely N-dealkylation sites (tertiary alicyclic amines) is 2. The Kier molecular flexibility index (Phi) is 6.07. The molecule has 3 heterocycles. The summed E-state index contributed by atoms with van der Waals surface area (Å²) in [5.74, 6) is -0.415. The van der Waals surface area contributed by atoms with Crippen LogP contribution in [0.1, 0.15) is 32.6 Å². The largest absolute Gasteiger partial charge is 0.341 e. The number of rotatable bonds is 5. The van der Waals surface area contributed by atoms with Crippen LogP contribution in [0.25, 0.3) is 10.1 Å². The molecule has 2 aliphatic heterocycles. The van der Waals surface area contributed by atoms with E-state index in [-0.39, 0.29) is 16.0 Å². The number of sulfonamides is 1. The van der Waals surface area contributed by atoms with Crippen LogP contribution < -0.4 is 4.72 Å². The lowest BCUT2D eigenvalue weighted by molar-refractivity contribution is -0.143. The Bertz CT molecular complexity index is 1080. The van der Waals surface area contributed by atoms with Gasteiger partial charge in [-0.05, 0) is 50.8 Å². The van der Waals surface area contributed by atoms with E-state index in [4.69, 9.17) is 11.6 Å². The maximum absolute atomic E-state index is 12.9. The van der Waals surface area contributed by atoms with Crippen molar-refractivity contribution in [2.75, 3.05) is 19.6 Å². The molecule has 1 N–H and O–H groups in total. The van der Waals surface area contributed by atoms with Gasteiger partial charge >= 0.3 is 0 Å². The van der Waals surface area contributed by atoms with Gasteiger partial charge in [0.25, 0.3) is 10.0 Å². The van der Waals surface area contributed by atoms with Gasteiger partial charge in [0.1, 0.15) is 16.3 Å². The molecular weight excluding hydrogens is 446 g/mol. The van der Waals surface area contributed by atoms with Crippen molar-refractivity contribution < 1.29 is 18.0 Å². The number of carbonyl (C=O) groups excluding carboxylic acids is 2. The van der Waals surface area contributed by atoms with Crippen molar-refractivity contribution in [1.29, 1.82) is 0 Å². The average molecular weight is 470 g/mol. The molecule has 0 saturated carbocycles. The highest BCUT2D eigenvalue weighted by Crippen LogP contribution is 2.33. The lowest BCUT2D eigenvalue weighted by Gasteiger charge is -2.32. The highest BCUT2D eigenvalue weighted by atomic mass is 35.5. The molecule has 0 unspecified atom stereocenters. The van der Waals surface area contributed by atoms with Crippen LogP contribution in [0.15, 0.2) is 28.5 Å². The molecule has 0 radical (unpaired) electrons. The van der Waals surface area contributed by atoms with E-state index >= 15 is 0 Å². The number of thiophene rings is 1. The quantitative estimate of drug-likeness (QED) is 0.729. The van der Waals surface area contributed by atoms with Gasteiger partial charge in [0, 0.05) is 34.7 Å². The highest BCUT2D eigenvalue weighted by Gasteiger charge is 2.40. The Labute approximate surface area is 185 Å². The third-order valence-electron chi connectivity index (χ3n) is 5.78. The van der Waals surface area contributed by atoms with Gasteiger partial charge in [-0.1, -0.05) is 17.7 Å². The van der Waals surface area contributed by atoms with Crippen molar-refractivity contribution in [2.45, 2.75) is 48.9 Å². The number of nitrogens with one attached hydrogen (secondary N) is 1. The maximum atomic E-state index is 12.9. The van der Waals surface area contributed by atoms with Gasteiger partial charge in [0.05, 0.1) is 0 Å². The van der Waals surface area contributed by atoms with Crippen LogP contribution in [0.2, 0.25) is 5.02 Å². The summed E-state index contributed by atoms with van der Waals surface area (Å²) in [6, 6.07) is 5.36. The minimum atomic E-state index is -3.88. The van der Waals surface area contributed by atoms with E-state index in [0.29, 0.717) is 23.4 Å². The first-order valence-corrected chi connectivity index (χ1v) is 12.8. The molecule has 2 saturated heterocycles. The Morgan fingerprint density at radius 2 is 1.97 bits per heavy atom. The topological polar surface area (TPSA) is 86.8 Å². The summed E-state index contributed by atoms with van der Waals surface area (Å²) in [7, 11) is -3.88. The second-order valence-corrected chi connectivity index (χ2v) is 11.2. The van der Waals surface area contributed by atoms with Gasteiger partial charge in [-0.25, -0.2) is 8.42 Å². The Balaban J connectivity index is 1.46. The summed E-state index contributed by atoms with van der Waals surface area (Å²) in [4.78, 5) is 28.9. The predicted octanol–water partition coefficient (Wildman–Crippen LogP) is 2.83. The van der Waals surface area contributed by atoms with E-state index < -0.39 is 22.1 Å². The normalized spacial score (nSPS) is 21.4. The van der Waals surface area contributed by atoms with Gasteiger partial charge in [-0.3, -0.25) is 9.59 Å². The Morgan fingerprint density at radius 1 is 1.23 bits per heavy atom. The molecule has 2 amide bonds. The first-order valence-electron chi connectivity index (χ1n) is 10.1. The van der Waals surface area contributed by atoms with Crippen LogP contribution in [-0.2, 0) is 19.6 Å². The predicted molar refractivity (Wildman–Crippen MR) is 117 cm³/mol. The second kappa shape index (κ2) is 8.45. The van der Waals surface area contributed by atoms with E-state index in [9.17, 15) is 18.0 Å². The van der Waals surface area contributed by atoms with Crippen LogP contribution in [0.5, 0.6) is 0 Å². The molecule has 162 valence electrons. The molecule has 1 aromatic heterocycles. The highest BCUT2D eigenvalue weighted by molar-refractivity contribution is 7.91. The molecule has 2 fully saturated rings. The lowest BCUT2D eigenvalue weighted by atomic mass is 10.1. The average Bonchev–Trinajstić information content (AvgIpc) is 3.33. The first kappa shape index (κ1) is 21.5. The molecule has 10 heteroatoms. The van der Waals surface area contributed by atoms with Gasteiger partial charge in [-0.2, -0.15) is 4.72 Å². The fourth-order valence-corrected chi connectivity index (χ4v) is 7.03. The number of amides is 2. The fraction of sp³-hybridized carbons (Fsp3) is 0.500. The summed E-state index contributed by atoms with van der Waals surface area (Å²) in [6.45, 7) is 3.51. The van der Waals surface area contributed by atoms with Crippen LogP contribution in [0.3, 0.4) is 0 Å². The molecule has 7 nitrogen and oxygen atoms in total. The van der Waals surface area contributed by atoms with E-state index in [2.05, 4.69) is 4.72 Å². The molecule has 2 aromatic rings. The number of benzene rings is 1. The smallest absolute Gasteiger partial charge is 0.250 e. The van der Waals surface area contributed by atoms with E-state index in [1.165, 1.54) is 11.0 Å². The van der Waals surface area contributed by atoms with Crippen LogP contribution in [0, 0.1) is 0 Å². The van der Waals surface area contributed by atoms with Crippen LogP contribution in [0.4, 0.5) is 0 Å². The van der Waals surface area contributed by atoms with E-state index in [1.807, 2.05) is 0 Å². The van der Waals surface area contributed by atoms with Gasteiger partial charge in [0.15, 0.2) is 0 Å². The monoisotopic (exact) mass is 469 g/mol. The zero-order valence-electron chi connectivity index (χ0n) is 16.6. The number of halogens is 1. The van der Waals surface area contributed by atoms with Crippen LogP contribution >= 0.6 is 22.9 Å². The molecular formula is C20H24ClN3O4S2. The van der Waals surface area contributed by atoms with Crippen molar-refractivity contribution >= 4 is 54.9 Å². The van der Waals surface area contributed by atoms with Crippen molar-refractivity contribution in [2.24, 2.45) is 0 Å². The number of piperidine rings is 1. The number of hydrogen-bond donors (Lipinski definition) is 1. The second-order valence-electron chi connectivity index (χ2n) is 7.77. The standard InChI is InChI=1S/C20H24ClN3O4S2/c1-13(19(25)23-9-3-2-4-10-23)24-11-8-16(20(24)26)22-30(27,28)18-12-14-15(21)6-5-7-17(14)29-18/h5-7,12-13,16,22H,2-4,8-11H2,1H3/t13-,16-/m0/s1. The van der Waals surface area contributed by atoms with Gasteiger partial charge in [-0.15, -0.1) is 11.3 Å². The van der Waals surface area contributed by atoms with E-state index in [1.54, 1.807) is 30.0 Å². The van der Waals surface area contributed by atoms with Crippen molar-refractivity contribution in [1.82, 2.24) is 14.5 Å². The van der Waals surface area contributed by atoms with E-state index in [0.717, 1.165) is 48.4 Å². The molecule has 1 aromatic carbocycles. The molecule has 0 spiro atoms. The Hall–Kier alpha value is -1.68. The first-order chi connectivity index (χ1) is 14.3. The van der Waals surface area contributed by atoms with Gasteiger partial charge < -0.3 is 9.80 Å². The van der Waals surface area contributed by atoms with Crippen molar-refractivity contribution in [3.63, 3.8) is 0 Å². The number of hydrogen-bond acceptors (Lipinski definition) is 5. The minimum Gasteiger partial charge on any atom is -0.341 e. The molecule has 30 heavy (non-hydrogen) atoms. The summed E-state index contributed by atoms with van der Waals surface area (Å²) < 4.78 is 29.2. The maximum Gasteiger partial charge on any atom is 0.250 e. The summed E-state index contributed by atoms with van der Waals surface area (Å²) in [5, 5.41) is 1.16. The summed E-state index contributed by atoms with van der Waals surface area (Å²) in [5.41, 5.74) is 0. The van der Waals surface area contributed by atoms with Crippen molar-refractivity contribution in [3.05, 3.63) is 29.3 Å². The minimum absolute atomic E-state index is 0.0642. The number of fused-ring (bicyclic) bond motifs is 1. The SMILES string of the molecule is C[C@@H](C(=O)N1CCCCC1)N1CC[C@H](NS(=O)(=O)c2cc3c(Cl)cccc3s2)C1=O. The lowest BCUT2D eigenvalue weighted by Crippen LogP contribution is -2.51. The zero-order valence-corrected chi connectivity index (χ0v) is 19.0. The number of carbonyl (C=O) groups is 2. The molecule has 0 aliphatic carbocycles. The fourth-order valence-electron chi connectivity index (χ4n) is 4.09. The van der Waals surface area contributed by atoms with Crippen molar-refractivity contribution in [3.8, 4) is 0 Å². The Morgan fingerprint density at radius 3 is 2.67 bits per heavy atom. The zero-order chi connectivity index (χ0) is 21.5. The summed E-state index contributed by atoms with van der Waals surface area (Å²) in [6.07, 6.45) is 3.41. The summed E-state index contributed by atoms with van der Waals surface area (Å²) >= 11 is 7.27. The van der Waals surface area contributed by atoms with Gasteiger partial charge in [0.2, 0.25) is 11.8 Å². The molecule has 2 aliphatic rings. The number of nitrogens with zero attached hydrogens (tertiary/aromatic N) is 2. The molecule has 2 atom stereocenters. The third kappa shape index (κ3) is 4.08.